The van der Waals surface area contributed by atoms with Gasteiger partial charge in [0.2, 0.25) is 0 Å². The number of benzene rings is 1. The second-order valence-corrected chi connectivity index (χ2v) is 3.35. The van der Waals surface area contributed by atoms with E-state index in [-0.39, 0.29) is 5.97 Å². The molecular formula is C12H16O3. The summed E-state index contributed by atoms with van der Waals surface area (Å²) in [6, 6.07) is 7.33. The van der Waals surface area contributed by atoms with Gasteiger partial charge in [-0.05, 0) is 19.1 Å². The van der Waals surface area contributed by atoms with E-state index in [0.29, 0.717) is 18.8 Å². The molecule has 0 heterocycles. The molecule has 0 radical (unpaired) electrons. The smallest absolute Gasteiger partial charge is 0.338 e. The Bertz CT molecular complexity index is 303. The molecular weight excluding hydrogens is 192 g/mol. The molecule has 0 aromatic heterocycles. The molecule has 0 unspecified atom stereocenters. The van der Waals surface area contributed by atoms with E-state index in [9.17, 15) is 4.79 Å². The van der Waals surface area contributed by atoms with Gasteiger partial charge >= 0.3 is 5.97 Å². The van der Waals surface area contributed by atoms with Gasteiger partial charge in [0.1, 0.15) is 0 Å². The number of ether oxygens (including phenoxy) is 2. The Kier molecular flexibility index (Phi) is 4.84. The zero-order valence-electron chi connectivity index (χ0n) is 9.16. The Balaban J connectivity index is 2.37. The monoisotopic (exact) mass is 208 g/mol. The van der Waals surface area contributed by atoms with Crippen LogP contribution in [0.15, 0.2) is 24.3 Å². The van der Waals surface area contributed by atoms with E-state index >= 15 is 0 Å². The Morgan fingerprint density at radius 1 is 1.20 bits per heavy atom. The van der Waals surface area contributed by atoms with Crippen molar-refractivity contribution in [2.45, 2.75) is 13.3 Å². The molecule has 0 atom stereocenters. The fraction of sp³-hybridized carbons (Fsp3) is 0.417. The van der Waals surface area contributed by atoms with Crippen LogP contribution in [0.2, 0.25) is 0 Å². The average molecular weight is 208 g/mol. The second kappa shape index (κ2) is 6.19. The van der Waals surface area contributed by atoms with E-state index in [4.69, 9.17) is 9.47 Å². The number of carbonyl (C=O) groups excluding carboxylic acids is 1. The highest BCUT2D eigenvalue weighted by Crippen LogP contribution is 2.04. The lowest BCUT2D eigenvalue weighted by Crippen LogP contribution is -2.07. The summed E-state index contributed by atoms with van der Waals surface area (Å²) in [4.78, 5) is 11.5. The van der Waals surface area contributed by atoms with E-state index in [0.717, 1.165) is 12.0 Å². The van der Waals surface area contributed by atoms with Crippen LogP contribution in [0.3, 0.4) is 0 Å². The van der Waals surface area contributed by atoms with Crippen LogP contribution in [0.1, 0.15) is 22.3 Å². The van der Waals surface area contributed by atoms with E-state index in [1.165, 1.54) is 0 Å². The predicted octanol–water partition coefficient (Wildman–Crippen LogP) is 2.19. The minimum absolute atomic E-state index is 0.272. The van der Waals surface area contributed by atoms with E-state index in [1.54, 1.807) is 19.2 Å². The lowest BCUT2D eigenvalue weighted by atomic mass is 10.1. The number of hydrogen-bond donors (Lipinski definition) is 0. The molecule has 15 heavy (non-hydrogen) atoms. The summed E-state index contributed by atoms with van der Waals surface area (Å²) in [5, 5.41) is 0. The van der Waals surface area contributed by atoms with E-state index < -0.39 is 0 Å². The van der Waals surface area contributed by atoms with Crippen LogP contribution in [-0.4, -0.2) is 26.3 Å². The van der Waals surface area contributed by atoms with Gasteiger partial charge in [-0.3, -0.25) is 0 Å². The summed E-state index contributed by atoms with van der Waals surface area (Å²) >= 11 is 0. The summed E-state index contributed by atoms with van der Waals surface area (Å²) in [5.74, 6) is -0.272. The first-order valence-electron chi connectivity index (χ1n) is 4.97. The van der Waals surface area contributed by atoms with Crippen LogP contribution >= 0.6 is 0 Å². The molecule has 0 saturated heterocycles. The lowest BCUT2D eigenvalue weighted by Gasteiger charge is -2.04. The van der Waals surface area contributed by atoms with Gasteiger partial charge in [-0.15, -0.1) is 0 Å². The standard InChI is InChI=1S/C12H16O3/c1-10-4-6-11(7-5-10)12(13)15-9-3-8-14-2/h4-7H,3,8-9H2,1-2H3. The van der Waals surface area contributed by atoms with Crippen LogP contribution in [0.5, 0.6) is 0 Å². The third-order valence-electron chi connectivity index (χ3n) is 2.01. The van der Waals surface area contributed by atoms with Gasteiger partial charge in [-0.25, -0.2) is 4.79 Å². The van der Waals surface area contributed by atoms with Crippen LogP contribution in [0, 0.1) is 6.92 Å². The van der Waals surface area contributed by atoms with Crippen molar-refractivity contribution in [3.8, 4) is 0 Å². The van der Waals surface area contributed by atoms with E-state index in [2.05, 4.69) is 0 Å². The zero-order chi connectivity index (χ0) is 11.1. The number of esters is 1. The highest BCUT2D eigenvalue weighted by molar-refractivity contribution is 5.89. The quantitative estimate of drug-likeness (QED) is 0.549. The normalized spacial score (nSPS) is 10.0. The van der Waals surface area contributed by atoms with Crippen LogP contribution < -0.4 is 0 Å². The fourth-order valence-corrected chi connectivity index (χ4v) is 1.14. The van der Waals surface area contributed by atoms with Crippen molar-refractivity contribution < 1.29 is 14.3 Å². The maximum absolute atomic E-state index is 11.5. The molecule has 0 N–H and O–H groups in total. The molecule has 3 heteroatoms. The Hall–Kier alpha value is -1.35. The number of rotatable bonds is 5. The molecule has 3 nitrogen and oxygen atoms in total. The first-order chi connectivity index (χ1) is 7.24. The molecule has 1 rings (SSSR count). The first kappa shape index (κ1) is 11.7. The summed E-state index contributed by atoms with van der Waals surface area (Å²) in [6.07, 6.45) is 0.730. The third-order valence-corrected chi connectivity index (χ3v) is 2.01. The number of aryl methyl sites for hydroxylation is 1. The van der Waals surface area contributed by atoms with Crippen molar-refractivity contribution in [3.05, 3.63) is 35.4 Å². The highest BCUT2D eigenvalue weighted by atomic mass is 16.5. The summed E-state index contributed by atoms with van der Waals surface area (Å²) in [5.41, 5.74) is 1.73. The summed E-state index contributed by atoms with van der Waals surface area (Å²) in [6.45, 7) is 3.00. The maximum atomic E-state index is 11.5. The van der Waals surface area contributed by atoms with Gasteiger partial charge in [-0.1, -0.05) is 17.7 Å². The van der Waals surface area contributed by atoms with Crippen molar-refractivity contribution in [1.29, 1.82) is 0 Å². The maximum Gasteiger partial charge on any atom is 0.338 e. The number of carbonyl (C=O) groups is 1. The molecule has 82 valence electrons. The second-order valence-electron chi connectivity index (χ2n) is 3.35. The molecule has 0 aliphatic heterocycles. The number of methoxy groups -OCH3 is 1. The summed E-state index contributed by atoms with van der Waals surface area (Å²) in [7, 11) is 1.63. The SMILES string of the molecule is COCCCOC(=O)c1ccc(C)cc1. The van der Waals surface area contributed by atoms with Gasteiger partial charge in [0.15, 0.2) is 0 Å². The molecule has 1 aromatic rings. The predicted molar refractivity (Wildman–Crippen MR) is 58.0 cm³/mol. The van der Waals surface area contributed by atoms with Gasteiger partial charge < -0.3 is 9.47 Å². The van der Waals surface area contributed by atoms with Gasteiger partial charge in [0, 0.05) is 20.1 Å². The van der Waals surface area contributed by atoms with Crippen LogP contribution in [-0.2, 0) is 9.47 Å². The molecule has 0 spiro atoms. The van der Waals surface area contributed by atoms with Crippen molar-refractivity contribution in [1.82, 2.24) is 0 Å². The minimum atomic E-state index is -0.272. The topological polar surface area (TPSA) is 35.5 Å². The zero-order valence-corrected chi connectivity index (χ0v) is 9.16. The Labute approximate surface area is 90.0 Å². The van der Waals surface area contributed by atoms with Crippen molar-refractivity contribution in [3.63, 3.8) is 0 Å². The van der Waals surface area contributed by atoms with Crippen molar-refractivity contribution >= 4 is 5.97 Å². The van der Waals surface area contributed by atoms with Crippen molar-refractivity contribution in [2.75, 3.05) is 20.3 Å². The highest BCUT2D eigenvalue weighted by Gasteiger charge is 2.05. The number of hydrogen-bond acceptors (Lipinski definition) is 3. The van der Waals surface area contributed by atoms with Gasteiger partial charge in [0.25, 0.3) is 0 Å². The largest absolute Gasteiger partial charge is 0.462 e. The average Bonchev–Trinajstić information content (AvgIpc) is 2.25. The molecule has 0 amide bonds. The van der Waals surface area contributed by atoms with Gasteiger partial charge in [0.05, 0.1) is 12.2 Å². The van der Waals surface area contributed by atoms with Crippen LogP contribution in [0.4, 0.5) is 0 Å². The molecule has 0 aliphatic carbocycles. The fourth-order valence-electron chi connectivity index (χ4n) is 1.14. The van der Waals surface area contributed by atoms with Crippen molar-refractivity contribution in [2.24, 2.45) is 0 Å². The summed E-state index contributed by atoms with van der Waals surface area (Å²) < 4.78 is 9.90. The Morgan fingerprint density at radius 3 is 2.47 bits per heavy atom. The molecule has 0 bridgehead atoms. The lowest BCUT2D eigenvalue weighted by molar-refractivity contribution is 0.0468. The molecule has 0 aliphatic rings. The third kappa shape index (κ3) is 4.13. The Morgan fingerprint density at radius 2 is 1.87 bits per heavy atom. The van der Waals surface area contributed by atoms with Crippen LogP contribution in [0.25, 0.3) is 0 Å². The molecule has 0 saturated carbocycles. The first-order valence-corrected chi connectivity index (χ1v) is 4.97. The molecule has 1 aromatic carbocycles. The van der Waals surface area contributed by atoms with E-state index in [1.807, 2.05) is 19.1 Å². The van der Waals surface area contributed by atoms with Gasteiger partial charge in [-0.2, -0.15) is 0 Å². The minimum Gasteiger partial charge on any atom is -0.462 e. The molecule has 0 fully saturated rings.